The first-order valence-electron chi connectivity index (χ1n) is 12.5. The Labute approximate surface area is 209 Å². The van der Waals surface area contributed by atoms with Crippen molar-refractivity contribution in [3.8, 4) is 23.5 Å². The lowest BCUT2D eigenvalue weighted by atomic mass is 9.62. The molecule has 1 saturated heterocycles. The topological polar surface area (TPSA) is 114 Å². The Bertz CT molecular complexity index is 1310. The predicted octanol–water partition coefficient (Wildman–Crippen LogP) is 4.47. The number of likely N-dealkylation sites (tertiary alicyclic amines) is 1. The smallest absolute Gasteiger partial charge is 0.317 e. The number of thiophene rings is 1. The summed E-state index contributed by atoms with van der Waals surface area (Å²) in [6.07, 6.45) is 9.83. The van der Waals surface area contributed by atoms with Crippen molar-refractivity contribution in [3.63, 3.8) is 0 Å². The van der Waals surface area contributed by atoms with Gasteiger partial charge in [0.05, 0.1) is 11.3 Å². The third-order valence-electron chi connectivity index (χ3n) is 8.15. The zero-order valence-corrected chi connectivity index (χ0v) is 21.0. The van der Waals surface area contributed by atoms with Crippen molar-refractivity contribution in [2.45, 2.75) is 75.9 Å². The summed E-state index contributed by atoms with van der Waals surface area (Å²) in [5, 5.41) is 15.2. The minimum absolute atomic E-state index is 0.00114. The molecule has 1 aliphatic heterocycles. The lowest BCUT2D eigenvalue weighted by Crippen LogP contribution is -2.38. The summed E-state index contributed by atoms with van der Waals surface area (Å²) >= 11 is 1.56. The number of nitriles is 1. The second-order valence-electron chi connectivity index (χ2n) is 10.1. The minimum atomic E-state index is -0.309. The molecule has 182 valence electrons. The van der Waals surface area contributed by atoms with E-state index in [9.17, 15) is 5.26 Å². The molecule has 1 spiro atoms. The molecule has 3 aromatic rings. The number of nitrogen functional groups attached to an aromatic ring is 1. The molecule has 0 saturated carbocycles. The highest BCUT2D eigenvalue weighted by molar-refractivity contribution is 7.16. The summed E-state index contributed by atoms with van der Waals surface area (Å²) in [6, 6.07) is 4.97. The summed E-state index contributed by atoms with van der Waals surface area (Å²) in [6.45, 7) is 3.18. The lowest BCUT2D eigenvalue weighted by Gasteiger charge is -2.39. The van der Waals surface area contributed by atoms with Gasteiger partial charge in [0.25, 0.3) is 0 Å². The zero-order chi connectivity index (χ0) is 24.2. The first-order chi connectivity index (χ1) is 17.0. The van der Waals surface area contributed by atoms with Gasteiger partial charge >= 0.3 is 6.01 Å². The first kappa shape index (κ1) is 22.5. The third kappa shape index (κ3) is 3.54. The van der Waals surface area contributed by atoms with E-state index in [-0.39, 0.29) is 11.5 Å². The number of hydrogen-bond donors (Lipinski definition) is 1. The summed E-state index contributed by atoms with van der Waals surface area (Å²) in [7, 11) is 2.14. The van der Waals surface area contributed by atoms with Crippen LogP contribution in [0.3, 0.4) is 0 Å². The van der Waals surface area contributed by atoms with Gasteiger partial charge in [0.1, 0.15) is 22.9 Å². The molecule has 0 aromatic carbocycles. The highest BCUT2D eigenvalue weighted by Crippen LogP contribution is 2.54. The Kier molecular flexibility index (Phi) is 5.53. The Hall–Kier alpha value is -2.96. The van der Waals surface area contributed by atoms with E-state index in [0.29, 0.717) is 34.1 Å². The summed E-state index contributed by atoms with van der Waals surface area (Å²) in [4.78, 5) is 12.7. The van der Waals surface area contributed by atoms with Gasteiger partial charge in [0, 0.05) is 28.1 Å². The standard InChI is InChI=1S/C26H30N6O2S/c1-15(19-7-5-13-32(19)2)33-25-29-12-9-18(30-25)22-16-6-3-10-26(23(16)31-34-22)11-4-8-20-21(26)17(14-27)24(28)35-20/h9,12,15,19H,3-8,10-11,13,28H2,1-2H3/t15-,19-,26-/m0/s1. The molecule has 0 amide bonds. The number of aryl methyl sites for hydroxylation is 1. The molecule has 0 bridgehead atoms. The van der Waals surface area contributed by atoms with E-state index in [0.717, 1.165) is 68.3 Å². The molecular formula is C26H30N6O2S. The number of aromatic nitrogens is 3. The van der Waals surface area contributed by atoms with Crippen molar-refractivity contribution in [1.82, 2.24) is 20.0 Å². The van der Waals surface area contributed by atoms with Crippen molar-refractivity contribution in [2.75, 3.05) is 19.3 Å². The van der Waals surface area contributed by atoms with Crippen LogP contribution in [0.4, 0.5) is 5.00 Å². The first-order valence-corrected chi connectivity index (χ1v) is 13.3. The molecule has 8 nitrogen and oxygen atoms in total. The maximum Gasteiger partial charge on any atom is 0.317 e. The highest BCUT2D eigenvalue weighted by Gasteiger charge is 2.48. The fraction of sp³-hybridized carbons (Fsp3) is 0.538. The average molecular weight is 491 g/mol. The highest BCUT2D eigenvalue weighted by atomic mass is 32.1. The van der Waals surface area contributed by atoms with Crippen LogP contribution >= 0.6 is 11.3 Å². The normalized spacial score (nSPS) is 24.7. The van der Waals surface area contributed by atoms with E-state index < -0.39 is 0 Å². The predicted molar refractivity (Wildman–Crippen MR) is 133 cm³/mol. The number of fused-ring (bicyclic) bond motifs is 4. The third-order valence-corrected chi connectivity index (χ3v) is 9.23. The van der Waals surface area contributed by atoms with Gasteiger partial charge in [-0.3, -0.25) is 4.90 Å². The van der Waals surface area contributed by atoms with Gasteiger partial charge in [0.15, 0.2) is 5.76 Å². The molecule has 2 N–H and O–H groups in total. The Balaban J connectivity index is 1.36. The van der Waals surface area contributed by atoms with Crippen LogP contribution < -0.4 is 10.5 Å². The van der Waals surface area contributed by atoms with Crippen LogP contribution in [0.15, 0.2) is 16.8 Å². The van der Waals surface area contributed by atoms with Gasteiger partial charge in [-0.2, -0.15) is 10.2 Å². The molecule has 35 heavy (non-hydrogen) atoms. The number of likely N-dealkylation sites (N-methyl/N-ethyl adjacent to an activating group) is 1. The van der Waals surface area contributed by atoms with Gasteiger partial charge in [0.2, 0.25) is 0 Å². The summed E-state index contributed by atoms with van der Waals surface area (Å²) in [5.74, 6) is 0.686. The molecule has 3 atom stereocenters. The maximum atomic E-state index is 9.90. The van der Waals surface area contributed by atoms with E-state index in [2.05, 4.69) is 35.1 Å². The van der Waals surface area contributed by atoms with Crippen molar-refractivity contribution < 1.29 is 9.26 Å². The Morgan fingerprint density at radius 3 is 2.91 bits per heavy atom. The van der Waals surface area contributed by atoms with Gasteiger partial charge in [-0.05, 0) is 83.5 Å². The van der Waals surface area contributed by atoms with Crippen LogP contribution in [0.1, 0.15) is 72.7 Å². The van der Waals surface area contributed by atoms with E-state index in [1.807, 2.05) is 6.07 Å². The van der Waals surface area contributed by atoms with Gasteiger partial charge in [-0.1, -0.05) is 5.16 Å². The van der Waals surface area contributed by atoms with Crippen molar-refractivity contribution in [3.05, 3.63) is 39.5 Å². The quantitative estimate of drug-likeness (QED) is 0.570. The number of hydrogen-bond acceptors (Lipinski definition) is 9. The van der Waals surface area contributed by atoms with Crippen molar-refractivity contribution in [2.24, 2.45) is 0 Å². The van der Waals surface area contributed by atoms with E-state index in [4.69, 9.17) is 20.0 Å². The fourth-order valence-electron chi connectivity index (χ4n) is 6.55. The van der Waals surface area contributed by atoms with Crippen molar-refractivity contribution >= 4 is 16.3 Å². The van der Waals surface area contributed by atoms with Crippen LogP contribution in [-0.4, -0.2) is 45.8 Å². The van der Waals surface area contributed by atoms with E-state index in [1.165, 1.54) is 11.3 Å². The summed E-state index contributed by atoms with van der Waals surface area (Å²) < 4.78 is 12.2. The van der Waals surface area contributed by atoms with Gasteiger partial charge < -0.3 is 15.0 Å². The molecule has 2 aliphatic carbocycles. The molecule has 9 heteroatoms. The fourth-order valence-corrected chi connectivity index (χ4v) is 7.72. The molecule has 3 aliphatic rings. The minimum Gasteiger partial charge on any atom is -0.459 e. The number of nitrogens with zero attached hydrogens (tertiary/aromatic N) is 5. The van der Waals surface area contributed by atoms with E-state index >= 15 is 0 Å². The van der Waals surface area contributed by atoms with Gasteiger partial charge in [-0.25, -0.2) is 4.98 Å². The van der Waals surface area contributed by atoms with Gasteiger partial charge in [-0.15, -0.1) is 11.3 Å². The Morgan fingerprint density at radius 2 is 2.14 bits per heavy atom. The lowest BCUT2D eigenvalue weighted by molar-refractivity contribution is 0.112. The van der Waals surface area contributed by atoms with Crippen LogP contribution in [0.5, 0.6) is 6.01 Å². The molecule has 6 rings (SSSR count). The van der Waals surface area contributed by atoms with Crippen LogP contribution in [0.2, 0.25) is 0 Å². The van der Waals surface area contributed by atoms with Crippen LogP contribution in [0, 0.1) is 11.3 Å². The Morgan fingerprint density at radius 1 is 1.31 bits per heavy atom. The average Bonchev–Trinajstić information content (AvgIpc) is 3.56. The number of ether oxygens (including phenoxy) is 1. The maximum absolute atomic E-state index is 9.90. The summed E-state index contributed by atoms with van der Waals surface area (Å²) in [5.41, 5.74) is 10.4. The van der Waals surface area contributed by atoms with E-state index in [1.54, 1.807) is 17.5 Å². The van der Waals surface area contributed by atoms with Crippen LogP contribution in [-0.2, 0) is 18.3 Å². The number of nitrogens with two attached hydrogens (primary N) is 1. The monoisotopic (exact) mass is 490 g/mol. The molecular weight excluding hydrogens is 460 g/mol. The second kappa shape index (κ2) is 8.61. The zero-order valence-electron chi connectivity index (χ0n) is 20.2. The number of rotatable bonds is 4. The second-order valence-corrected chi connectivity index (χ2v) is 11.3. The molecule has 1 fully saturated rings. The molecule has 3 aromatic heterocycles. The molecule has 4 heterocycles. The largest absolute Gasteiger partial charge is 0.459 e. The number of anilines is 1. The van der Waals surface area contributed by atoms with Crippen LogP contribution in [0.25, 0.3) is 11.5 Å². The SMILES string of the molecule is C[C@H](Oc1nccc(-c2onc3c2CCC[C@@]32CCCc3sc(N)c(C#N)c32)n1)[C@@H]1CCCN1C. The molecule has 0 unspecified atom stereocenters. The molecule has 0 radical (unpaired) electrons. The van der Waals surface area contributed by atoms with Crippen molar-refractivity contribution in [1.29, 1.82) is 5.26 Å².